The van der Waals surface area contributed by atoms with E-state index in [1.54, 1.807) is 48.7 Å². The number of hydrogen-bond acceptors (Lipinski definition) is 5. The van der Waals surface area contributed by atoms with Gasteiger partial charge in [-0.25, -0.2) is 0 Å². The van der Waals surface area contributed by atoms with Gasteiger partial charge in [0, 0.05) is 17.1 Å². The third kappa shape index (κ3) is 3.92. The van der Waals surface area contributed by atoms with Crippen LogP contribution in [0.15, 0.2) is 90.6 Å². The number of carbonyl (C=O) groups excluding carboxylic acids is 2. The summed E-state index contributed by atoms with van der Waals surface area (Å²) in [5, 5.41) is 13.5. The zero-order valence-corrected chi connectivity index (χ0v) is 19.6. The van der Waals surface area contributed by atoms with Crippen molar-refractivity contribution in [3.8, 4) is 5.75 Å². The van der Waals surface area contributed by atoms with E-state index in [4.69, 9.17) is 16.3 Å². The summed E-state index contributed by atoms with van der Waals surface area (Å²) < 4.78 is 5.55. The third-order valence-corrected chi connectivity index (χ3v) is 6.26. The summed E-state index contributed by atoms with van der Waals surface area (Å²) >= 11 is 6.21. The van der Waals surface area contributed by atoms with Gasteiger partial charge in [0.15, 0.2) is 0 Å². The number of amides is 1. The maximum Gasteiger partial charge on any atom is 0.300 e. The number of aliphatic hydroxyl groups is 1. The quantitative estimate of drug-likeness (QED) is 0.216. The van der Waals surface area contributed by atoms with E-state index >= 15 is 0 Å². The Morgan fingerprint density at radius 1 is 1.03 bits per heavy atom. The van der Waals surface area contributed by atoms with Crippen LogP contribution in [0.2, 0.25) is 5.02 Å². The van der Waals surface area contributed by atoms with E-state index in [1.807, 2.05) is 43.3 Å². The predicted molar refractivity (Wildman–Crippen MR) is 136 cm³/mol. The lowest BCUT2D eigenvalue weighted by Crippen LogP contribution is -2.30. The molecule has 1 unspecified atom stereocenters. The molecule has 1 atom stereocenters. The standard InChI is InChI=1S/C28H21ClN2O4/c1-2-35-23-16-18(13-14-20(23)29)26(32)24-25(21-11-5-6-15-30-21)31(28(34)27(24)33)22-12-7-9-17-8-3-4-10-19(17)22/h3-16,25,32H,2H2,1H3/b26-24+. The molecule has 3 aromatic carbocycles. The monoisotopic (exact) mass is 484 g/mol. The molecule has 174 valence electrons. The first kappa shape index (κ1) is 22.6. The molecule has 1 saturated heterocycles. The molecular formula is C28H21ClN2O4. The second-order valence-corrected chi connectivity index (χ2v) is 8.41. The molecule has 5 rings (SSSR count). The fourth-order valence-corrected chi connectivity index (χ4v) is 4.56. The molecule has 0 aliphatic carbocycles. The van der Waals surface area contributed by atoms with E-state index in [9.17, 15) is 14.7 Å². The molecular weight excluding hydrogens is 464 g/mol. The van der Waals surface area contributed by atoms with Crippen molar-refractivity contribution in [2.75, 3.05) is 11.5 Å². The van der Waals surface area contributed by atoms with Crippen molar-refractivity contribution in [2.45, 2.75) is 13.0 Å². The number of carbonyl (C=O) groups is 2. The molecule has 1 aliphatic rings. The molecule has 6 nitrogen and oxygen atoms in total. The van der Waals surface area contributed by atoms with Crippen LogP contribution < -0.4 is 9.64 Å². The van der Waals surface area contributed by atoms with Crippen molar-refractivity contribution in [1.82, 2.24) is 4.98 Å². The van der Waals surface area contributed by atoms with Gasteiger partial charge in [0.05, 0.1) is 28.6 Å². The number of hydrogen-bond donors (Lipinski definition) is 1. The fourth-order valence-electron chi connectivity index (χ4n) is 4.39. The Morgan fingerprint density at radius 3 is 2.57 bits per heavy atom. The number of aromatic nitrogens is 1. The number of benzene rings is 3. The fraction of sp³-hybridized carbons (Fsp3) is 0.107. The maximum atomic E-state index is 13.5. The highest BCUT2D eigenvalue weighted by molar-refractivity contribution is 6.52. The third-order valence-electron chi connectivity index (χ3n) is 5.94. The maximum absolute atomic E-state index is 13.5. The number of halogens is 1. The minimum atomic E-state index is -0.923. The van der Waals surface area contributed by atoms with Crippen LogP contribution >= 0.6 is 11.6 Å². The number of anilines is 1. The number of ketones is 1. The molecule has 7 heteroatoms. The summed E-state index contributed by atoms with van der Waals surface area (Å²) in [6.45, 7) is 2.20. The Balaban J connectivity index is 1.75. The summed E-state index contributed by atoms with van der Waals surface area (Å²) in [4.78, 5) is 32.7. The summed E-state index contributed by atoms with van der Waals surface area (Å²) in [7, 11) is 0. The lowest BCUT2D eigenvalue weighted by molar-refractivity contribution is -0.132. The van der Waals surface area contributed by atoms with Gasteiger partial charge in [0.1, 0.15) is 17.6 Å². The van der Waals surface area contributed by atoms with Crippen LogP contribution in [0, 0.1) is 0 Å². The van der Waals surface area contributed by atoms with E-state index in [-0.39, 0.29) is 11.3 Å². The van der Waals surface area contributed by atoms with Gasteiger partial charge in [-0.2, -0.15) is 0 Å². The number of pyridine rings is 1. The van der Waals surface area contributed by atoms with Crippen LogP contribution in [0.3, 0.4) is 0 Å². The van der Waals surface area contributed by atoms with E-state index in [0.717, 1.165) is 10.8 Å². The number of ether oxygens (including phenoxy) is 1. The van der Waals surface area contributed by atoms with Gasteiger partial charge < -0.3 is 9.84 Å². The topological polar surface area (TPSA) is 79.7 Å². The minimum Gasteiger partial charge on any atom is -0.507 e. The van der Waals surface area contributed by atoms with Crippen LogP contribution in [0.1, 0.15) is 24.2 Å². The van der Waals surface area contributed by atoms with Gasteiger partial charge in [-0.15, -0.1) is 0 Å². The Bertz CT molecular complexity index is 1480. The average Bonchev–Trinajstić information content (AvgIpc) is 3.15. The van der Waals surface area contributed by atoms with Crippen LogP contribution in [-0.4, -0.2) is 28.4 Å². The van der Waals surface area contributed by atoms with E-state index < -0.39 is 17.7 Å². The Labute approximate surface area is 207 Å². The van der Waals surface area contributed by atoms with Gasteiger partial charge in [-0.3, -0.25) is 19.5 Å². The molecule has 35 heavy (non-hydrogen) atoms. The van der Waals surface area contributed by atoms with Crippen molar-refractivity contribution in [3.05, 3.63) is 107 Å². The Morgan fingerprint density at radius 2 is 1.80 bits per heavy atom. The van der Waals surface area contributed by atoms with Crippen LogP contribution in [0.25, 0.3) is 16.5 Å². The summed E-state index contributed by atoms with van der Waals surface area (Å²) in [6.07, 6.45) is 1.59. The van der Waals surface area contributed by atoms with Gasteiger partial charge in [-0.1, -0.05) is 54.1 Å². The molecule has 1 N–H and O–H groups in total. The highest BCUT2D eigenvalue weighted by Crippen LogP contribution is 2.44. The molecule has 1 aliphatic heterocycles. The number of aliphatic hydroxyl groups excluding tert-OH is 1. The molecule has 0 radical (unpaired) electrons. The number of Topliss-reactive ketones (excluding diaryl/α,β-unsaturated/α-hetero) is 1. The average molecular weight is 485 g/mol. The smallest absolute Gasteiger partial charge is 0.300 e. The molecule has 0 bridgehead atoms. The lowest BCUT2D eigenvalue weighted by atomic mass is 9.97. The SMILES string of the molecule is CCOc1cc(/C(O)=C2\C(=O)C(=O)N(c3cccc4ccccc34)C2c2ccccn2)ccc1Cl. The number of nitrogens with zero attached hydrogens (tertiary/aromatic N) is 2. The first-order valence-electron chi connectivity index (χ1n) is 11.1. The van der Waals surface area contributed by atoms with Crippen LogP contribution in [0.4, 0.5) is 5.69 Å². The van der Waals surface area contributed by atoms with Gasteiger partial charge >= 0.3 is 0 Å². The normalized spacial score (nSPS) is 17.2. The number of fused-ring (bicyclic) bond motifs is 1. The van der Waals surface area contributed by atoms with E-state index in [2.05, 4.69) is 4.98 Å². The van der Waals surface area contributed by atoms with Crippen molar-refractivity contribution in [3.63, 3.8) is 0 Å². The Kier molecular flexibility index (Phi) is 5.97. The second kappa shape index (κ2) is 9.24. The molecule has 0 saturated carbocycles. The molecule has 1 fully saturated rings. The molecule has 1 amide bonds. The van der Waals surface area contributed by atoms with Gasteiger partial charge in [0.25, 0.3) is 11.7 Å². The summed E-state index contributed by atoms with van der Waals surface area (Å²) in [5.41, 5.74) is 1.28. The van der Waals surface area contributed by atoms with Crippen molar-refractivity contribution < 1.29 is 19.4 Å². The van der Waals surface area contributed by atoms with E-state index in [1.165, 1.54) is 4.90 Å². The second-order valence-electron chi connectivity index (χ2n) is 8.00. The van der Waals surface area contributed by atoms with Crippen LogP contribution in [0.5, 0.6) is 5.75 Å². The lowest BCUT2D eigenvalue weighted by Gasteiger charge is -2.25. The van der Waals surface area contributed by atoms with Crippen LogP contribution in [-0.2, 0) is 9.59 Å². The van der Waals surface area contributed by atoms with Crippen molar-refractivity contribution in [2.24, 2.45) is 0 Å². The molecule has 4 aromatic rings. The first-order chi connectivity index (χ1) is 17.0. The molecule has 1 aromatic heterocycles. The summed E-state index contributed by atoms with van der Waals surface area (Å²) in [5.74, 6) is -1.48. The van der Waals surface area contributed by atoms with Gasteiger partial charge in [0.2, 0.25) is 0 Å². The molecule has 0 spiro atoms. The number of rotatable bonds is 5. The largest absolute Gasteiger partial charge is 0.507 e. The van der Waals surface area contributed by atoms with E-state index in [0.29, 0.717) is 34.3 Å². The highest BCUT2D eigenvalue weighted by atomic mass is 35.5. The summed E-state index contributed by atoms with van der Waals surface area (Å²) in [6, 6.07) is 22.2. The van der Waals surface area contributed by atoms with Crippen molar-refractivity contribution >= 4 is 45.5 Å². The highest BCUT2D eigenvalue weighted by Gasteiger charge is 2.48. The zero-order chi connectivity index (χ0) is 24.5. The van der Waals surface area contributed by atoms with Gasteiger partial charge in [-0.05, 0) is 48.7 Å². The predicted octanol–water partition coefficient (Wildman–Crippen LogP) is 5.91. The first-order valence-corrected chi connectivity index (χ1v) is 11.5. The Hall–Kier alpha value is -4.16. The van der Waals surface area contributed by atoms with Crippen molar-refractivity contribution in [1.29, 1.82) is 0 Å². The molecule has 2 heterocycles. The minimum absolute atomic E-state index is 0.0496. The zero-order valence-electron chi connectivity index (χ0n) is 18.8.